The standard InChI is InChI=1S/C16H20N4O4/c1-10(2)18-14-4-3-12(20(23)24)9-13(14)15(21)19(16(18)22)11-5-7-17-8-6-11/h3-4,9-11,17H,5-8H2,1-2H3. The van der Waals surface area contributed by atoms with Crippen LogP contribution in [0, 0.1) is 10.1 Å². The Hall–Kier alpha value is -2.48. The summed E-state index contributed by atoms with van der Waals surface area (Å²) < 4.78 is 2.83. The Bertz CT molecular complexity index is 907. The van der Waals surface area contributed by atoms with Gasteiger partial charge in [0.2, 0.25) is 0 Å². The van der Waals surface area contributed by atoms with Gasteiger partial charge in [-0.3, -0.25) is 24.0 Å². The molecule has 2 aromatic rings. The van der Waals surface area contributed by atoms with Crippen molar-refractivity contribution in [1.29, 1.82) is 0 Å². The largest absolute Gasteiger partial charge is 0.331 e. The number of nitrogens with one attached hydrogen (secondary N) is 1. The smallest absolute Gasteiger partial charge is 0.317 e. The zero-order valence-corrected chi connectivity index (χ0v) is 13.7. The molecule has 1 fully saturated rings. The maximum Gasteiger partial charge on any atom is 0.331 e. The maximum atomic E-state index is 12.9. The monoisotopic (exact) mass is 332 g/mol. The van der Waals surface area contributed by atoms with Gasteiger partial charge >= 0.3 is 5.69 Å². The van der Waals surface area contributed by atoms with E-state index < -0.39 is 10.5 Å². The van der Waals surface area contributed by atoms with E-state index in [0.717, 1.165) is 13.1 Å². The Morgan fingerprint density at radius 3 is 2.50 bits per heavy atom. The van der Waals surface area contributed by atoms with Gasteiger partial charge in [-0.15, -0.1) is 0 Å². The van der Waals surface area contributed by atoms with Gasteiger partial charge in [-0.2, -0.15) is 0 Å². The van der Waals surface area contributed by atoms with Crippen LogP contribution in [0.3, 0.4) is 0 Å². The lowest BCUT2D eigenvalue weighted by atomic mass is 10.1. The number of non-ortho nitro benzene ring substituents is 1. The van der Waals surface area contributed by atoms with Crippen LogP contribution in [0.4, 0.5) is 5.69 Å². The van der Waals surface area contributed by atoms with Gasteiger partial charge in [0.15, 0.2) is 0 Å². The number of fused-ring (bicyclic) bond motifs is 1. The molecule has 3 rings (SSSR count). The summed E-state index contributed by atoms with van der Waals surface area (Å²) in [5.74, 6) is 0. The van der Waals surface area contributed by atoms with Gasteiger partial charge < -0.3 is 5.32 Å². The van der Waals surface area contributed by atoms with Gasteiger partial charge in [-0.1, -0.05) is 0 Å². The molecule has 0 unspecified atom stereocenters. The van der Waals surface area contributed by atoms with E-state index in [4.69, 9.17) is 0 Å². The molecule has 0 bridgehead atoms. The first-order valence-electron chi connectivity index (χ1n) is 8.07. The molecule has 0 atom stereocenters. The van der Waals surface area contributed by atoms with Crippen molar-refractivity contribution in [3.05, 3.63) is 49.2 Å². The van der Waals surface area contributed by atoms with E-state index >= 15 is 0 Å². The lowest BCUT2D eigenvalue weighted by Gasteiger charge is -2.26. The molecule has 1 aromatic heterocycles. The minimum Gasteiger partial charge on any atom is -0.317 e. The lowest BCUT2D eigenvalue weighted by Crippen LogP contribution is -2.45. The predicted octanol–water partition coefficient (Wildman–Crippen LogP) is 1.58. The summed E-state index contributed by atoms with van der Waals surface area (Å²) in [7, 11) is 0. The van der Waals surface area contributed by atoms with Crippen LogP contribution in [0.1, 0.15) is 38.8 Å². The zero-order valence-electron chi connectivity index (χ0n) is 13.7. The summed E-state index contributed by atoms with van der Waals surface area (Å²) in [6.45, 7) is 5.20. The van der Waals surface area contributed by atoms with Crippen LogP contribution in [0.15, 0.2) is 27.8 Å². The molecule has 0 amide bonds. The number of piperidine rings is 1. The van der Waals surface area contributed by atoms with E-state index in [1.165, 1.54) is 22.8 Å². The molecular formula is C16H20N4O4. The van der Waals surface area contributed by atoms with Crippen LogP contribution in [0.5, 0.6) is 0 Å². The molecule has 8 nitrogen and oxygen atoms in total. The fourth-order valence-corrected chi connectivity index (χ4v) is 3.34. The topological polar surface area (TPSA) is 99.2 Å². The quantitative estimate of drug-likeness (QED) is 0.679. The van der Waals surface area contributed by atoms with Crippen LogP contribution in [0.2, 0.25) is 0 Å². The second kappa shape index (κ2) is 6.20. The summed E-state index contributed by atoms with van der Waals surface area (Å²) >= 11 is 0. The molecule has 128 valence electrons. The molecule has 1 aliphatic rings. The second-order valence-electron chi connectivity index (χ2n) is 6.36. The summed E-state index contributed by atoms with van der Waals surface area (Å²) in [5.41, 5.74) is -0.494. The molecule has 0 radical (unpaired) electrons. The first-order valence-corrected chi connectivity index (χ1v) is 8.07. The third kappa shape index (κ3) is 2.62. The number of hydrogen-bond donors (Lipinski definition) is 1. The second-order valence-corrected chi connectivity index (χ2v) is 6.36. The first-order chi connectivity index (χ1) is 11.4. The number of aromatic nitrogens is 2. The summed E-state index contributed by atoms with van der Waals surface area (Å²) in [6, 6.07) is 3.75. The van der Waals surface area contributed by atoms with E-state index in [9.17, 15) is 19.7 Å². The van der Waals surface area contributed by atoms with Crippen LogP contribution < -0.4 is 16.6 Å². The molecule has 1 saturated heterocycles. The van der Waals surface area contributed by atoms with Crippen molar-refractivity contribution in [2.75, 3.05) is 13.1 Å². The molecule has 1 aliphatic heterocycles. The molecule has 1 aromatic carbocycles. The van der Waals surface area contributed by atoms with Crippen molar-refractivity contribution in [1.82, 2.24) is 14.5 Å². The Balaban J connectivity index is 2.37. The number of benzene rings is 1. The molecule has 0 aliphatic carbocycles. The average molecular weight is 332 g/mol. The van der Waals surface area contributed by atoms with Crippen molar-refractivity contribution >= 4 is 16.6 Å². The van der Waals surface area contributed by atoms with Crippen LogP contribution >= 0.6 is 0 Å². The first kappa shape index (κ1) is 16.4. The Labute approximate surface area is 137 Å². The highest BCUT2D eigenvalue weighted by molar-refractivity contribution is 5.80. The van der Waals surface area contributed by atoms with Crippen molar-refractivity contribution in [3.8, 4) is 0 Å². The highest BCUT2D eigenvalue weighted by Crippen LogP contribution is 2.21. The van der Waals surface area contributed by atoms with Crippen molar-refractivity contribution < 1.29 is 4.92 Å². The summed E-state index contributed by atoms with van der Waals surface area (Å²) in [4.78, 5) is 36.4. The van der Waals surface area contributed by atoms with E-state index in [1.54, 1.807) is 4.57 Å². The van der Waals surface area contributed by atoms with Crippen molar-refractivity contribution in [3.63, 3.8) is 0 Å². The predicted molar refractivity (Wildman–Crippen MR) is 90.6 cm³/mol. The fourth-order valence-electron chi connectivity index (χ4n) is 3.34. The van der Waals surface area contributed by atoms with E-state index in [0.29, 0.717) is 18.4 Å². The molecule has 8 heteroatoms. The number of hydrogen-bond acceptors (Lipinski definition) is 5. The number of nitrogens with zero attached hydrogens (tertiary/aromatic N) is 3. The van der Waals surface area contributed by atoms with E-state index in [1.807, 2.05) is 13.8 Å². The third-order valence-corrected chi connectivity index (χ3v) is 4.50. The molecule has 1 N–H and O–H groups in total. The van der Waals surface area contributed by atoms with Crippen LogP contribution in [-0.2, 0) is 0 Å². The molecule has 0 spiro atoms. The van der Waals surface area contributed by atoms with Crippen LogP contribution in [-0.4, -0.2) is 27.1 Å². The third-order valence-electron chi connectivity index (χ3n) is 4.50. The lowest BCUT2D eigenvalue weighted by molar-refractivity contribution is -0.384. The minimum absolute atomic E-state index is 0.148. The maximum absolute atomic E-state index is 12.9. The minimum atomic E-state index is -0.529. The Kier molecular flexibility index (Phi) is 4.23. The fraction of sp³-hybridized carbons (Fsp3) is 0.500. The van der Waals surface area contributed by atoms with E-state index in [2.05, 4.69) is 5.32 Å². The SMILES string of the molecule is CC(C)n1c(=O)n(C2CCNCC2)c(=O)c2cc([N+](=O)[O-])ccc21. The Morgan fingerprint density at radius 2 is 1.92 bits per heavy atom. The van der Waals surface area contributed by atoms with Gasteiger partial charge in [0.25, 0.3) is 11.2 Å². The van der Waals surface area contributed by atoms with Crippen molar-refractivity contribution in [2.45, 2.75) is 38.8 Å². The Morgan fingerprint density at radius 1 is 1.25 bits per heavy atom. The van der Waals surface area contributed by atoms with Gasteiger partial charge in [0.05, 0.1) is 15.8 Å². The molecular weight excluding hydrogens is 312 g/mol. The average Bonchev–Trinajstić information content (AvgIpc) is 2.55. The van der Waals surface area contributed by atoms with Gasteiger partial charge in [-0.25, -0.2) is 4.79 Å². The normalized spacial score (nSPS) is 16.0. The number of nitro groups is 1. The number of nitro benzene ring substituents is 1. The van der Waals surface area contributed by atoms with Gasteiger partial charge in [0.1, 0.15) is 0 Å². The number of rotatable bonds is 3. The van der Waals surface area contributed by atoms with Crippen molar-refractivity contribution in [2.24, 2.45) is 0 Å². The van der Waals surface area contributed by atoms with Gasteiger partial charge in [0, 0.05) is 24.2 Å². The molecule has 24 heavy (non-hydrogen) atoms. The van der Waals surface area contributed by atoms with Crippen LogP contribution in [0.25, 0.3) is 10.9 Å². The highest BCUT2D eigenvalue weighted by Gasteiger charge is 2.24. The van der Waals surface area contributed by atoms with E-state index in [-0.39, 0.29) is 28.8 Å². The summed E-state index contributed by atoms with van der Waals surface area (Å²) in [6.07, 6.45) is 1.38. The zero-order chi connectivity index (χ0) is 17.4. The summed E-state index contributed by atoms with van der Waals surface area (Å²) in [5, 5.41) is 14.5. The highest BCUT2D eigenvalue weighted by atomic mass is 16.6. The molecule has 0 saturated carbocycles. The van der Waals surface area contributed by atoms with Gasteiger partial charge in [-0.05, 0) is 45.8 Å². The molecule has 2 heterocycles.